The molecule has 1 saturated heterocycles. The Morgan fingerprint density at radius 3 is 2.58 bits per heavy atom. The van der Waals surface area contributed by atoms with Crippen LogP contribution in [0.5, 0.6) is 0 Å². The van der Waals surface area contributed by atoms with Crippen molar-refractivity contribution in [3.8, 4) is 0 Å². The van der Waals surface area contributed by atoms with Gasteiger partial charge in [-0.1, -0.05) is 23.7 Å². The molecule has 0 spiro atoms. The van der Waals surface area contributed by atoms with Crippen LogP contribution in [-0.4, -0.2) is 30.6 Å². The van der Waals surface area contributed by atoms with Gasteiger partial charge in [0, 0.05) is 24.2 Å². The average Bonchev–Trinajstić information content (AvgIpc) is 3.26. The van der Waals surface area contributed by atoms with E-state index in [0.29, 0.717) is 0 Å². The first-order valence-electron chi connectivity index (χ1n) is 7.50. The van der Waals surface area contributed by atoms with Crippen molar-refractivity contribution < 1.29 is 0 Å². The molecular weight excluding hydrogens is 256 g/mol. The molecule has 1 aliphatic carbocycles. The lowest BCUT2D eigenvalue weighted by molar-refractivity contribution is 0.193. The minimum absolute atomic E-state index is 0.831. The van der Waals surface area contributed by atoms with Crippen LogP contribution in [0.25, 0.3) is 0 Å². The summed E-state index contributed by atoms with van der Waals surface area (Å²) in [5.41, 5.74) is 1.39. The summed E-state index contributed by atoms with van der Waals surface area (Å²) in [6.07, 6.45) is 5.49. The molecule has 0 amide bonds. The predicted molar refractivity (Wildman–Crippen MR) is 80.5 cm³/mol. The molecule has 1 aromatic carbocycles. The Morgan fingerprint density at radius 2 is 1.95 bits per heavy atom. The summed E-state index contributed by atoms with van der Waals surface area (Å²) in [5, 5.41) is 4.36. The molecular formula is C16H23ClN2. The molecule has 3 heteroatoms. The van der Waals surface area contributed by atoms with Gasteiger partial charge in [-0.25, -0.2) is 0 Å². The van der Waals surface area contributed by atoms with Gasteiger partial charge in [-0.15, -0.1) is 0 Å². The third kappa shape index (κ3) is 3.95. The van der Waals surface area contributed by atoms with Crippen LogP contribution in [0.4, 0.5) is 0 Å². The van der Waals surface area contributed by atoms with Gasteiger partial charge in [0.25, 0.3) is 0 Å². The number of rotatable bonds is 5. The Balaban J connectivity index is 1.59. The number of benzene rings is 1. The van der Waals surface area contributed by atoms with Gasteiger partial charge in [-0.3, -0.25) is 4.90 Å². The lowest BCUT2D eigenvalue weighted by Gasteiger charge is -2.30. The highest BCUT2D eigenvalue weighted by Gasteiger charge is 2.30. The zero-order chi connectivity index (χ0) is 13.1. The fourth-order valence-electron chi connectivity index (χ4n) is 3.02. The Morgan fingerprint density at radius 1 is 1.16 bits per heavy atom. The van der Waals surface area contributed by atoms with Crippen molar-refractivity contribution >= 4 is 11.6 Å². The number of piperidine rings is 1. The summed E-state index contributed by atoms with van der Waals surface area (Å²) in [5.74, 6) is 0.835. The van der Waals surface area contributed by atoms with E-state index in [1.165, 1.54) is 50.9 Å². The molecule has 0 radical (unpaired) electrons. The maximum Gasteiger partial charge on any atom is 0.0406 e. The summed E-state index contributed by atoms with van der Waals surface area (Å²) in [6, 6.07) is 9.17. The predicted octanol–water partition coefficient (Wildman–Crippen LogP) is 3.30. The van der Waals surface area contributed by atoms with Crippen molar-refractivity contribution in [2.24, 2.45) is 5.92 Å². The second-order valence-corrected chi connectivity index (χ2v) is 6.44. The highest BCUT2D eigenvalue weighted by Crippen LogP contribution is 2.30. The second kappa shape index (κ2) is 6.25. The average molecular weight is 279 g/mol. The topological polar surface area (TPSA) is 15.3 Å². The second-order valence-electron chi connectivity index (χ2n) is 6.00. The molecule has 2 aliphatic rings. The normalized spacial score (nSPS) is 23.8. The van der Waals surface area contributed by atoms with Gasteiger partial charge in [0.1, 0.15) is 0 Å². The minimum Gasteiger partial charge on any atom is -0.316 e. The van der Waals surface area contributed by atoms with Gasteiger partial charge in [0.2, 0.25) is 0 Å². The van der Waals surface area contributed by atoms with E-state index >= 15 is 0 Å². The minimum atomic E-state index is 0.831. The Hall–Kier alpha value is -0.570. The molecule has 1 unspecified atom stereocenters. The third-order valence-electron chi connectivity index (χ3n) is 4.25. The van der Waals surface area contributed by atoms with Crippen LogP contribution < -0.4 is 5.32 Å². The van der Waals surface area contributed by atoms with Crippen LogP contribution in [0.1, 0.15) is 31.2 Å². The fraction of sp³-hybridized carbons (Fsp3) is 0.625. The number of nitrogens with zero attached hydrogens (tertiary/aromatic N) is 1. The van der Waals surface area contributed by atoms with E-state index in [4.69, 9.17) is 11.6 Å². The van der Waals surface area contributed by atoms with Crippen LogP contribution >= 0.6 is 11.6 Å². The molecule has 19 heavy (non-hydrogen) atoms. The van der Waals surface area contributed by atoms with Crippen molar-refractivity contribution in [1.82, 2.24) is 10.2 Å². The van der Waals surface area contributed by atoms with Gasteiger partial charge in [0.05, 0.1) is 0 Å². The molecule has 3 rings (SSSR count). The lowest BCUT2D eigenvalue weighted by Crippen LogP contribution is -2.39. The first kappa shape index (κ1) is 13.4. The monoisotopic (exact) mass is 278 g/mol. The van der Waals surface area contributed by atoms with Crippen LogP contribution in [-0.2, 0) is 6.54 Å². The first-order valence-corrected chi connectivity index (χ1v) is 7.88. The lowest BCUT2D eigenvalue weighted by atomic mass is 9.98. The van der Waals surface area contributed by atoms with Crippen molar-refractivity contribution in [1.29, 1.82) is 0 Å². The summed E-state index contributed by atoms with van der Waals surface area (Å²) in [6.45, 7) is 4.74. The Labute approximate surface area is 121 Å². The molecule has 0 aromatic heterocycles. The number of nitrogens with one attached hydrogen (secondary N) is 1. The molecule has 2 fully saturated rings. The standard InChI is InChI=1S/C16H23ClN2/c17-15-5-3-13(4-6-15)11-19(16-7-8-16)12-14-2-1-9-18-10-14/h3-6,14,16,18H,1-2,7-12H2. The Kier molecular flexibility index (Phi) is 4.42. The van der Waals surface area contributed by atoms with Crippen molar-refractivity contribution in [3.63, 3.8) is 0 Å². The van der Waals surface area contributed by atoms with E-state index in [1.54, 1.807) is 0 Å². The SMILES string of the molecule is Clc1ccc(CN(CC2CCCNC2)C2CC2)cc1. The molecule has 1 saturated carbocycles. The maximum atomic E-state index is 5.96. The van der Waals surface area contributed by atoms with Crippen LogP contribution in [0.2, 0.25) is 5.02 Å². The highest BCUT2D eigenvalue weighted by atomic mass is 35.5. The summed E-state index contributed by atoms with van der Waals surface area (Å²) >= 11 is 5.96. The summed E-state index contributed by atoms with van der Waals surface area (Å²) in [7, 11) is 0. The molecule has 1 atom stereocenters. The molecule has 1 heterocycles. The van der Waals surface area contributed by atoms with Crippen molar-refractivity contribution in [3.05, 3.63) is 34.9 Å². The largest absolute Gasteiger partial charge is 0.316 e. The molecule has 1 aromatic rings. The molecule has 2 nitrogen and oxygen atoms in total. The van der Waals surface area contributed by atoms with Gasteiger partial charge in [-0.2, -0.15) is 0 Å². The summed E-state index contributed by atoms with van der Waals surface area (Å²) in [4.78, 5) is 2.68. The van der Waals surface area contributed by atoms with E-state index in [-0.39, 0.29) is 0 Å². The van der Waals surface area contributed by atoms with Crippen LogP contribution in [0, 0.1) is 5.92 Å². The maximum absolute atomic E-state index is 5.96. The van der Waals surface area contributed by atoms with Gasteiger partial charge in [-0.05, 0) is 62.4 Å². The smallest absolute Gasteiger partial charge is 0.0406 e. The van der Waals surface area contributed by atoms with Crippen molar-refractivity contribution in [2.45, 2.75) is 38.3 Å². The molecule has 104 valence electrons. The van der Waals surface area contributed by atoms with E-state index in [1.807, 2.05) is 12.1 Å². The fourth-order valence-corrected chi connectivity index (χ4v) is 3.14. The zero-order valence-corrected chi connectivity index (χ0v) is 12.2. The van der Waals surface area contributed by atoms with Gasteiger partial charge < -0.3 is 5.32 Å². The highest BCUT2D eigenvalue weighted by molar-refractivity contribution is 6.30. The first-order chi connectivity index (χ1) is 9.31. The van der Waals surface area contributed by atoms with E-state index < -0.39 is 0 Å². The molecule has 1 aliphatic heterocycles. The van der Waals surface area contributed by atoms with Crippen LogP contribution in [0.15, 0.2) is 24.3 Å². The van der Waals surface area contributed by atoms with Gasteiger partial charge in [0.15, 0.2) is 0 Å². The zero-order valence-electron chi connectivity index (χ0n) is 11.4. The number of hydrogen-bond donors (Lipinski definition) is 1. The quantitative estimate of drug-likeness (QED) is 0.889. The van der Waals surface area contributed by atoms with Crippen molar-refractivity contribution in [2.75, 3.05) is 19.6 Å². The molecule has 1 N–H and O–H groups in total. The van der Waals surface area contributed by atoms with Crippen LogP contribution in [0.3, 0.4) is 0 Å². The molecule has 0 bridgehead atoms. The van der Waals surface area contributed by atoms with E-state index in [2.05, 4.69) is 22.3 Å². The Bertz CT molecular complexity index is 394. The van der Waals surface area contributed by atoms with E-state index in [0.717, 1.165) is 23.5 Å². The summed E-state index contributed by atoms with van der Waals surface area (Å²) < 4.78 is 0. The van der Waals surface area contributed by atoms with E-state index in [9.17, 15) is 0 Å². The number of halogens is 1. The third-order valence-corrected chi connectivity index (χ3v) is 4.51. The number of hydrogen-bond acceptors (Lipinski definition) is 2. The van der Waals surface area contributed by atoms with Gasteiger partial charge >= 0.3 is 0 Å².